The van der Waals surface area contributed by atoms with E-state index in [0.29, 0.717) is 21.3 Å². The van der Waals surface area contributed by atoms with Crippen LogP contribution in [0.5, 0.6) is 0 Å². The summed E-state index contributed by atoms with van der Waals surface area (Å²) in [5.41, 5.74) is 1.86. The first-order valence-electron chi connectivity index (χ1n) is 6.54. The van der Waals surface area contributed by atoms with E-state index in [4.69, 9.17) is 23.2 Å². The fourth-order valence-electron chi connectivity index (χ4n) is 1.81. The summed E-state index contributed by atoms with van der Waals surface area (Å²) in [7, 11) is 1.75. The van der Waals surface area contributed by atoms with Crippen LogP contribution < -0.4 is 10.6 Å². The molecule has 1 aromatic carbocycles. The maximum Gasteiger partial charge on any atom is 0.319 e. The lowest BCUT2D eigenvalue weighted by Crippen LogP contribution is -2.32. The van der Waals surface area contributed by atoms with E-state index in [1.807, 2.05) is 0 Å². The molecule has 0 spiro atoms. The summed E-state index contributed by atoms with van der Waals surface area (Å²) in [6.07, 6.45) is 2.40. The minimum Gasteiger partial charge on any atom is -0.386 e. The normalized spacial score (nSPS) is 12.0. The first kappa shape index (κ1) is 16.6. The molecule has 0 aliphatic heterocycles. The average molecular weight is 343 g/mol. The largest absolute Gasteiger partial charge is 0.386 e. The van der Waals surface area contributed by atoms with E-state index in [9.17, 15) is 9.90 Å². The summed E-state index contributed by atoms with van der Waals surface area (Å²) in [6.45, 7) is 1.85. The quantitative estimate of drug-likeness (QED) is 0.799. The summed E-state index contributed by atoms with van der Waals surface area (Å²) in [6, 6.07) is 2.76. The number of benzene rings is 1. The van der Waals surface area contributed by atoms with Gasteiger partial charge >= 0.3 is 6.03 Å². The highest BCUT2D eigenvalue weighted by atomic mass is 35.5. The van der Waals surface area contributed by atoms with Crippen LogP contribution in [0.15, 0.2) is 24.5 Å². The Kier molecular flexibility index (Phi) is 5.28. The van der Waals surface area contributed by atoms with Crippen molar-refractivity contribution >= 4 is 34.9 Å². The molecule has 0 radical (unpaired) electrons. The average Bonchev–Trinajstić information content (AvgIpc) is 2.89. The number of anilines is 1. The SMILES string of the molecule is Cc1c(Cl)cc(NC(=O)NC[C@H](O)c2cnn(C)c2)cc1Cl. The summed E-state index contributed by atoms with van der Waals surface area (Å²) in [5, 5.41) is 20.0. The van der Waals surface area contributed by atoms with Gasteiger partial charge in [0, 0.05) is 41.1 Å². The van der Waals surface area contributed by atoms with E-state index < -0.39 is 12.1 Å². The molecule has 1 atom stereocenters. The lowest BCUT2D eigenvalue weighted by atomic mass is 10.2. The molecule has 0 bridgehead atoms. The Morgan fingerprint density at radius 3 is 2.59 bits per heavy atom. The van der Waals surface area contributed by atoms with Gasteiger partial charge < -0.3 is 15.7 Å². The summed E-state index contributed by atoms with van der Waals surface area (Å²) in [4.78, 5) is 11.8. The maximum absolute atomic E-state index is 11.8. The van der Waals surface area contributed by atoms with Crippen LogP contribution >= 0.6 is 23.2 Å². The van der Waals surface area contributed by atoms with Gasteiger partial charge in [-0.15, -0.1) is 0 Å². The number of urea groups is 1. The molecule has 118 valence electrons. The molecule has 0 saturated carbocycles. The molecule has 8 heteroatoms. The van der Waals surface area contributed by atoms with Gasteiger partial charge in [-0.05, 0) is 24.6 Å². The Labute approximate surface area is 138 Å². The fourth-order valence-corrected chi connectivity index (χ4v) is 2.30. The van der Waals surface area contributed by atoms with E-state index in [1.54, 1.807) is 43.2 Å². The van der Waals surface area contributed by atoms with Crippen LogP contribution in [-0.2, 0) is 7.05 Å². The topological polar surface area (TPSA) is 79.2 Å². The Morgan fingerprint density at radius 1 is 1.41 bits per heavy atom. The minimum absolute atomic E-state index is 0.0604. The van der Waals surface area contributed by atoms with Crippen molar-refractivity contribution in [1.29, 1.82) is 0 Å². The van der Waals surface area contributed by atoms with Gasteiger partial charge in [-0.25, -0.2) is 4.79 Å². The highest BCUT2D eigenvalue weighted by Crippen LogP contribution is 2.28. The number of aryl methyl sites for hydroxylation is 1. The monoisotopic (exact) mass is 342 g/mol. The minimum atomic E-state index is -0.829. The number of amides is 2. The third-order valence-corrected chi connectivity index (χ3v) is 3.89. The first-order valence-corrected chi connectivity index (χ1v) is 7.29. The van der Waals surface area contributed by atoms with Crippen LogP contribution in [0.4, 0.5) is 10.5 Å². The third-order valence-electron chi connectivity index (χ3n) is 3.10. The van der Waals surface area contributed by atoms with Gasteiger partial charge in [0.25, 0.3) is 0 Å². The Hall–Kier alpha value is -1.76. The summed E-state index contributed by atoms with van der Waals surface area (Å²) < 4.78 is 1.58. The van der Waals surface area contributed by atoms with Gasteiger partial charge in [0.2, 0.25) is 0 Å². The molecule has 0 unspecified atom stereocenters. The van der Waals surface area contributed by atoms with Crippen LogP contribution in [0.1, 0.15) is 17.2 Å². The number of aliphatic hydroxyl groups is 1. The number of carbonyl (C=O) groups is 1. The van der Waals surface area contributed by atoms with Crippen LogP contribution in [-0.4, -0.2) is 27.5 Å². The highest BCUT2D eigenvalue weighted by Gasteiger charge is 2.12. The molecule has 0 aliphatic rings. The number of aliphatic hydroxyl groups excluding tert-OH is 1. The zero-order valence-corrected chi connectivity index (χ0v) is 13.6. The predicted octanol–water partition coefficient (Wildman–Crippen LogP) is 2.89. The second-order valence-electron chi connectivity index (χ2n) is 4.86. The molecule has 22 heavy (non-hydrogen) atoms. The van der Waals surface area contributed by atoms with Crippen molar-refractivity contribution in [1.82, 2.24) is 15.1 Å². The maximum atomic E-state index is 11.8. The number of nitrogens with one attached hydrogen (secondary N) is 2. The molecule has 2 rings (SSSR count). The molecule has 0 aliphatic carbocycles. The van der Waals surface area contributed by atoms with Crippen molar-refractivity contribution in [2.45, 2.75) is 13.0 Å². The smallest absolute Gasteiger partial charge is 0.319 e. The number of nitrogens with zero attached hydrogens (tertiary/aromatic N) is 2. The second kappa shape index (κ2) is 7.00. The summed E-state index contributed by atoms with van der Waals surface area (Å²) >= 11 is 12.0. The van der Waals surface area contributed by atoms with Gasteiger partial charge in [-0.1, -0.05) is 23.2 Å². The predicted molar refractivity (Wildman–Crippen MR) is 86.4 cm³/mol. The highest BCUT2D eigenvalue weighted by molar-refractivity contribution is 6.36. The van der Waals surface area contributed by atoms with Crippen molar-refractivity contribution in [3.63, 3.8) is 0 Å². The molecule has 1 heterocycles. The molecule has 0 fully saturated rings. The number of hydrogen-bond donors (Lipinski definition) is 3. The zero-order chi connectivity index (χ0) is 16.3. The number of carbonyl (C=O) groups excluding carboxylic acids is 1. The van der Waals surface area contributed by atoms with Crippen molar-refractivity contribution in [2.75, 3.05) is 11.9 Å². The van der Waals surface area contributed by atoms with E-state index in [-0.39, 0.29) is 6.54 Å². The first-order chi connectivity index (χ1) is 10.4. The molecule has 3 N–H and O–H groups in total. The van der Waals surface area contributed by atoms with Gasteiger partial charge in [0.1, 0.15) is 0 Å². The van der Waals surface area contributed by atoms with Gasteiger partial charge in [0.05, 0.1) is 12.3 Å². The number of aromatic nitrogens is 2. The van der Waals surface area contributed by atoms with E-state index in [0.717, 1.165) is 5.56 Å². The molecular formula is C14H16Cl2N4O2. The Morgan fingerprint density at radius 2 is 2.05 bits per heavy atom. The zero-order valence-electron chi connectivity index (χ0n) is 12.1. The van der Waals surface area contributed by atoms with Gasteiger partial charge in [-0.3, -0.25) is 4.68 Å². The number of hydrogen-bond acceptors (Lipinski definition) is 3. The Balaban J connectivity index is 1.90. The van der Waals surface area contributed by atoms with E-state index in [2.05, 4.69) is 15.7 Å². The molecule has 6 nitrogen and oxygen atoms in total. The van der Waals surface area contributed by atoms with Crippen molar-refractivity contribution < 1.29 is 9.90 Å². The van der Waals surface area contributed by atoms with Crippen molar-refractivity contribution in [3.8, 4) is 0 Å². The molecule has 2 aromatic rings. The fraction of sp³-hybridized carbons (Fsp3) is 0.286. The standard InChI is InChI=1S/C14H16Cl2N4O2/c1-8-11(15)3-10(4-12(8)16)19-14(22)17-6-13(21)9-5-18-20(2)7-9/h3-5,7,13,21H,6H2,1-2H3,(H2,17,19,22)/t13-/m0/s1. The lowest BCUT2D eigenvalue weighted by Gasteiger charge is -2.12. The molecule has 2 amide bonds. The van der Waals surface area contributed by atoms with Crippen LogP contribution in [0.2, 0.25) is 10.0 Å². The summed E-state index contributed by atoms with van der Waals surface area (Å²) in [5.74, 6) is 0. The number of halogens is 2. The molecule has 0 saturated heterocycles. The van der Waals surface area contributed by atoms with Crippen molar-refractivity contribution in [2.24, 2.45) is 7.05 Å². The Bertz CT molecular complexity index is 664. The van der Waals surface area contributed by atoms with Crippen molar-refractivity contribution in [3.05, 3.63) is 45.7 Å². The number of rotatable bonds is 4. The van der Waals surface area contributed by atoms with E-state index in [1.165, 1.54) is 0 Å². The lowest BCUT2D eigenvalue weighted by molar-refractivity contribution is 0.175. The third kappa shape index (κ3) is 4.13. The molecular weight excluding hydrogens is 327 g/mol. The van der Waals surface area contributed by atoms with Crippen LogP contribution in [0.25, 0.3) is 0 Å². The van der Waals surface area contributed by atoms with Gasteiger partial charge in [-0.2, -0.15) is 5.10 Å². The van der Waals surface area contributed by atoms with Crippen LogP contribution in [0.3, 0.4) is 0 Å². The van der Waals surface area contributed by atoms with E-state index >= 15 is 0 Å². The van der Waals surface area contributed by atoms with Crippen LogP contribution in [0, 0.1) is 6.92 Å². The molecule has 1 aromatic heterocycles. The second-order valence-corrected chi connectivity index (χ2v) is 5.68. The van der Waals surface area contributed by atoms with Gasteiger partial charge in [0.15, 0.2) is 0 Å².